The zero-order chi connectivity index (χ0) is 16.4. The molecule has 9 atom stereocenters. The van der Waals surface area contributed by atoms with E-state index in [1.807, 2.05) is 6.92 Å². The summed E-state index contributed by atoms with van der Waals surface area (Å²) in [4.78, 5) is 12.7. The van der Waals surface area contributed by atoms with E-state index in [0.29, 0.717) is 11.8 Å². The maximum absolute atomic E-state index is 12.7. The Kier molecular flexibility index (Phi) is 3.81. The summed E-state index contributed by atoms with van der Waals surface area (Å²) in [6.45, 7) is 8.73. The van der Waals surface area contributed by atoms with Crippen molar-refractivity contribution < 1.29 is 9.53 Å². The van der Waals surface area contributed by atoms with Crippen molar-refractivity contribution in [1.82, 2.24) is 0 Å². The first-order chi connectivity index (χ1) is 11.0. The molecule has 0 aromatic carbocycles. The Balaban J connectivity index is 1.62. The quantitative estimate of drug-likeness (QED) is 0.523. The molecule has 0 amide bonds. The Labute approximate surface area is 141 Å². The van der Waals surface area contributed by atoms with Gasteiger partial charge in [0.15, 0.2) is 0 Å². The van der Waals surface area contributed by atoms with Crippen LogP contribution in [0.3, 0.4) is 0 Å². The molecule has 0 aromatic heterocycles. The minimum absolute atomic E-state index is 0.0471. The smallest absolute Gasteiger partial charge is 0.309 e. The summed E-state index contributed by atoms with van der Waals surface area (Å²) in [6, 6.07) is 0. The predicted octanol–water partition coefficient (Wildman–Crippen LogP) is 5.06. The zero-order valence-corrected chi connectivity index (χ0v) is 15.4. The van der Waals surface area contributed by atoms with E-state index in [1.165, 1.54) is 32.1 Å². The molecular formula is C21H34O2. The second-order valence-electron chi connectivity index (χ2n) is 9.29. The lowest BCUT2D eigenvalue weighted by Gasteiger charge is -2.49. The van der Waals surface area contributed by atoms with Crippen molar-refractivity contribution >= 4 is 5.97 Å². The molecule has 0 spiro atoms. The van der Waals surface area contributed by atoms with Crippen molar-refractivity contribution in [2.45, 2.75) is 78.2 Å². The Morgan fingerprint density at radius 3 is 2.39 bits per heavy atom. The third-order valence-corrected chi connectivity index (χ3v) is 8.57. The molecule has 4 fully saturated rings. The minimum atomic E-state index is -0.133. The van der Waals surface area contributed by atoms with Gasteiger partial charge in [0.1, 0.15) is 5.60 Å². The lowest BCUT2D eigenvalue weighted by molar-refractivity contribution is -0.186. The van der Waals surface area contributed by atoms with Gasteiger partial charge < -0.3 is 4.74 Å². The third kappa shape index (κ3) is 2.09. The van der Waals surface area contributed by atoms with Crippen molar-refractivity contribution in [3.8, 4) is 0 Å². The molecule has 0 heterocycles. The van der Waals surface area contributed by atoms with Crippen LogP contribution in [-0.2, 0) is 9.53 Å². The summed E-state index contributed by atoms with van der Waals surface area (Å²) >= 11 is 0. The lowest BCUT2D eigenvalue weighted by atomic mass is 9.62. The van der Waals surface area contributed by atoms with E-state index < -0.39 is 0 Å². The van der Waals surface area contributed by atoms with Gasteiger partial charge in [0.05, 0.1) is 5.92 Å². The minimum Gasteiger partial charge on any atom is -0.458 e. The monoisotopic (exact) mass is 318 g/mol. The van der Waals surface area contributed by atoms with Gasteiger partial charge >= 0.3 is 5.97 Å². The van der Waals surface area contributed by atoms with E-state index in [1.54, 1.807) is 0 Å². The Hall–Kier alpha value is -0.530. The lowest BCUT2D eigenvalue weighted by Crippen LogP contribution is -2.52. The van der Waals surface area contributed by atoms with Crippen LogP contribution < -0.4 is 0 Å². The van der Waals surface area contributed by atoms with Crippen LogP contribution in [0.2, 0.25) is 0 Å². The fraction of sp³-hybridized carbons (Fsp3) is 0.952. The largest absolute Gasteiger partial charge is 0.458 e. The molecule has 130 valence electrons. The second kappa shape index (κ2) is 5.49. The molecule has 0 N–H and O–H groups in total. The number of carbonyl (C=O) groups is 1. The molecule has 4 rings (SSSR count). The van der Waals surface area contributed by atoms with E-state index >= 15 is 0 Å². The van der Waals surface area contributed by atoms with Crippen LogP contribution in [0.5, 0.6) is 0 Å². The van der Waals surface area contributed by atoms with Gasteiger partial charge in [0, 0.05) is 5.92 Å². The van der Waals surface area contributed by atoms with E-state index in [-0.39, 0.29) is 17.5 Å². The number of hydrogen-bond donors (Lipinski definition) is 0. The molecule has 4 saturated carbocycles. The highest BCUT2D eigenvalue weighted by atomic mass is 16.6. The summed E-state index contributed by atoms with van der Waals surface area (Å²) < 4.78 is 6.42. The molecule has 0 aliphatic heterocycles. The first-order valence-corrected chi connectivity index (χ1v) is 10.2. The number of ether oxygens (including phenoxy) is 1. The average molecular weight is 319 g/mol. The SMILES string of the molecule is CCC(C)C(=O)OC1(C(C)CC)CC2CC1C1C3CCC(C3)C21. The van der Waals surface area contributed by atoms with Crippen LogP contribution in [0.4, 0.5) is 0 Å². The standard InChI is InChI=1S/C21H34O2/c1-5-12(3)20(22)23-21(13(4)6-2)11-16-10-17(21)19-15-8-7-14(9-15)18(16)19/h12-19H,5-11H2,1-4H3. The predicted molar refractivity (Wildman–Crippen MR) is 91.8 cm³/mol. The molecule has 0 saturated heterocycles. The molecule has 4 bridgehead atoms. The maximum atomic E-state index is 12.7. The maximum Gasteiger partial charge on any atom is 0.309 e. The highest BCUT2D eigenvalue weighted by Crippen LogP contribution is 2.71. The van der Waals surface area contributed by atoms with Crippen LogP contribution >= 0.6 is 0 Å². The Morgan fingerprint density at radius 2 is 1.74 bits per heavy atom. The van der Waals surface area contributed by atoms with Crippen molar-refractivity contribution in [2.24, 2.45) is 47.3 Å². The van der Waals surface area contributed by atoms with Gasteiger partial charge in [-0.15, -0.1) is 0 Å². The third-order valence-electron chi connectivity index (χ3n) is 8.57. The summed E-state index contributed by atoms with van der Waals surface area (Å²) in [5.41, 5.74) is -0.133. The van der Waals surface area contributed by atoms with E-state index in [2.05, 4.69) is 20.8 Å². The van der Waals surface area contributed by atoms with Crippen LogP contribution in [0.25, 0.3) is 0 Å². The van der Waals surface area contributed by atoms with Crippen LogP contribution in [-0.4, -0.2) is 11.6 Å². The second-order valence-corrected chi connectivity index (χ2v) is 9.29. The van der Waals surface area contributed by atoms with Gasteiger partial charge in [0.2, 0.25) is 0 Å². The zero-order valence-electron chi connectivity index (χ0n) is 15.4. The molecule has 2 nitrogen and oxygen atoms in total. The normalized spacial score (nSPS) is 49.2. The van der Waals surface area contributed by atoms with Crippen LogP contribution in [0, 0.1) is 47.3 Å². The summed E-state index contributed by atoms with van der Waals surface area (Å²) in [6.07, 6.45) is 8.95. The summed E-state index contributed by atoms with van der Waals surface area (Å²) in [7, 11) is 0. The van der Waals surface area contributed by atoms with Gasteiger partial charge in [-0.25, -0.2) is 0 Å². The van der Waals surface area contributed by atoms with E-state index in [0.717, 1.165) is 42.4 Å². The Morgan fingerprint density at radius 1 is 1.04 bits per heavy atom. The molecule has 23 heavy (non-hydrogen) atoms. The first kappa shape index (κ1) is 16.0. The molecular weight excluding hydrogens is 284 g/mol. The van der Waals surface area contributed by atoms with Crippen molar-refractivity contribution in [1.29, 1.82) is 0 Å². The topological polar surface area (TPSA) is 26.3 Å². The van der Waals surface area contributed by atoms with E-state index in [4.69, 9.17) is 4.74 Å². The molecule has 0 radical (unpaired) electrons. The van der Waals surface area contributed by atoms with Gasteiger partial charge in [-0.2, -0.15) is 0 Å². The molecule has 2 heteroatoms. The number of fused-ring (bicyclic) bond motifs is 9. The summed E-state index contributed by atoms with van der Waals surface area (Å²) in [5, 5.41) is 0. The fourth-order valence-electron chi connectivity index (χ4n) is 7.21. The molecule has 9 unspecified atom stereocenters. The van der Waals surface area contributed by atoms with Crippen LogP contribution in [0.1, 0.15) is 72.6 Å². The fourth-order valence-corrected chi connectivity index (χ4v) is 7.21. The number of hydrogen-bond acceptors (Lipinski definition) is 2. The molecule has 4 aliphatic carbocycles. The molecule has 0 aromatic rings. The summed E-state index contributed by atoms with van der Waals surface area (Å²) in [5.74, 6) is 5.96. The van der Waals surface area contributed by atoms with Crippen LogP contribution in [0.15, 0.2) is 0 Å². The first-order valence-electron chi connectivity index (χ1n) is 10.2. The van der Waals surface area contributed by atoms with Gasteiger partial charge in [-0.1, -0.05) is 27.7 Å². The Bertz CT molecular complexity index is 486. The van der Waals surface area contributed by atoms with E-state index in [9.17, 15) is 4.79 Å². The van der Waals surface area contributed by atoms with Crippen molar-refractivity contribution in [3.63, 3.8) is 0 Å². The highest BCUT2D eigenvalue weighted by Gasteiger charge is 2.69. The van der Waals surface area contributed by atoms with Gasteiger partial charge in [-0.05, 0) is 80.5 Å². The van der Waals surface area contributed by atoms with Crippen molar-refractivity contribution in [2.75, 3.05) is 0 Å². The van der Waals surface area contributed by atoms with Gasteiger partial charge in [-0.3, -0.25) is 4.79 Å². The average Bonchev–Trinajstić information content (AvgIpc) is 3.30. The van der Waals surface area contributed by atoms with Crippen molar-refractivity contribution in [3.05, 3.63) is 0 Å². The molecule has 4 aliphatic rings. The number of rotatable bonds is 5. The number of esters is 1. The van der Waals surface area contributed by atoms with Gasteiger partial charge in [0.25, 0.3) is 0 Å². The number of carbonyl (C=O) groups excluding carboxylic acids is 1. The highest BCUT2D eigenvalue weighted by molar-refractivity contribution is 5.72.